The smallest absolute Gasteiger partial charge is 0.226 e. The van der Waals surface area contributed by atoms with Crippen molar-refractivity contribution in [2.75, 3.05) is 6.54 Å². The topological polar surface area (TPSA) is 20.3 Å². The first-order chi connectivity index (χ1) is 7.18. The highest BCUT2D eigenvalue weighted by atomic mass is 16.2. The molecule has 0 radical (unpaired) electrons. The maximum absolute atomic E-state index is 11.9. The first kappa shape index (κ1) is 10.5. The normalized spacial score (nSPS) is 25.3. The van der Waals surface area contributed by atoms with E-state index in [9.17, 15) is 4.79 Å². The molecule has 0 bridgehead atoms. The zero-order valence-corrected chi connectivity index (χ0v) is 9.62. The third-order valence-electron chi connectivity index (χ3n) is 3.00. The molecule has 1 amide bonds. The second-order valence-electron chi connectivity index (χ2n) is 4.91. The molecule has 0 N–H and O–H groups in total. The predicted molar refractivity (Wildman–Crippen MR) is 60.1 cm³/mol. The third-order valence-corrected chi connectivity index (χ3v) is 3.00. The zero-order chi connectivity index (χ0) is 10.8. The van der Waals surface area contributed by atoms with Crippen LogP contribution in [0.4, 0.5) is 0 Å². The number of nitrogens with zero attached hydrogens (tertiary/aromatic N) is 1. The van der Waals surface area contributed by atoms with Gasteiger partial charge in [-0.2, -0.15) is 0 Å². The fraction of sp³-hybridized carbons (Fsp3) is 0.769. The van der Waals surface area contributed by atoms with Crippen molar-refractivity contribution in [3.05, 3.63) is 0 Å². The van der Waals surface area contributed by atoms with E-state index in [0.717, 1.165) is 32.2 Å². The first-order valence-corrected chi connectivity index (χ1v) is 6.00. The molecular formula is C13H19NO. The quantitative estimate of drug-likeness (QED) is 0.600. The van der Waals surface area contributed by atoms with Crippen LogP contribution in [0.15, 0.2) is 0 Å². The molecule has 1 saturated carbocycles. The summed E-state index contributed by atoms with van der Waals surface area (Å²) < 4.78 is 0. The van der Waals surface area contributed by atoms with E-state index in [1.165, 1.54) is 0 Å². The number of carbonyl (C=O) groups excluding carboxylic acids is 1. The van der Waals surface area contributed by atoms with Gasteiger partial charge in [-0.15, -0.1) is 0 Å². The fourth-order valence-corrected chi connectivity index (χ4v) is 2.01. The van der Waals surface area contributed by atoms with Gasteiger partial charge >= 0.3 is 0 Å². The van der Waals surface area contributed by atoms with Crippen LogP contribution >= 0.6 is 0 Å². The monoisotopic (exact) mass is 205 g/mol. The van der Waals surface area contributed by atoms with Crippen molar-refractivity contribution < 1.29 is 4.79 Å². The third kappa shape index (κ3) is 2.53. The lowest BCUT2D eigenvalue weighted by Gasteiger charge is -2.20. The van der Waals surface area contributed by atoms with E-state index in [1.807, 2.05) is 4.90 Å². The Morgan fingerprint density at radius 1 is 1.33 bits per heavy atom. The standard InChI is InChI=1S/C13H19NO/c1-10(2)5-8-12-4-3-9-14(12)13(15)11-6-7-11/h10-12H,3-4,6-7,9H2,1-2H3. The Morgan fingerprint density at radius 3 is 2.67 bits per heavy atom. The van der Waals surface area contributed by atoms with Gasteiger partial charge in [0.05, 0.1) is 6.04 Å². The van der Waals surface area contributed by atoms with Gasteiger partial charge in [0.25, 0.3) is 0 Å². The fourth-order valence-electron chi connectivity index (χ4n) is 2.01. The molecule has 1 aliphatic heterocycles. The number of hydrogen-bond acceptors (Lipinski definition) is 1. The average Bonchev–Trinajstić information content (AvgIpc) is 2.93. The number of carbonyl (C=O) groups is 1. The summed E-state index contributed by atoms with van der Waals surface area (Å²) in [6.07, 6.45) is 4.38. The van der Waals surface area contributed by atoms with E-state index in [4.69, 9.17) is 0 Å². The maximum atomic E-state index is 11.9. The second kappa shape index (κ2) is 4.26. The Hall–Kier alpha value is -0.970. The highest BCUT2D eigenvalue weighted by molar-refractivity contribution is 5.82. The predicted octanol–water partition coefficient (Wildman–Crippen LogP) is 2.05. The van der Waals surface area contributed by atoms with E-state index in [1.54, 1.807) is 0 Å². The molecule has 2 aliphatic rings. The van der Waals surface area contributed by atoms with Crippen molar-refractivity contribution in [2.24, 2.45) is 11.8 Å². The molecule has 2 heteroatoms. The van der Waals surface area contributed by atoms with Crippen LogP contribution in [-0.4, -0.2) is 23.4 Å². The Balaban J connectivity index is 1.99. The lowest BCUT2D eigenvalue weighted by molar-refractivity contribution is -0.132. The molecule has 2 fully saturated rings. The summed E-state index contributed by atoms with van der Waals surface area (Å²) in [5.41, 5.74) is 0. The minimum atomic E-state index is 0.209. The van der Waals surface area contributed by atoms with E-state index < -0.39 is 0 Å². The van der Waals surface area contributed by atoms with Gasteiger partial charge in [-0.25, -0.2) is 0 Å². The molecule has 1 atom stereocenters. The van der Waals surface area contributed by atoms with Crippen molar-refractivity contribution in [1.29, 1.82) is 0 Å². The summed E-state index contributed by atoms with van der Waals surface area (Å²) in [6, 6.07) is 0.209. The Labute approximate surface area is 92.0 Å². The Morgan fingerprint density at radius 2 is 2.07 bits per heavy atom. The van der Waals surface area contributed by atoms with Gasteiger partial charge in [0.15, 0.2) is 0 Å². The molecule has 0 aromatic rings. The Kier molecular flexibility index (Phi) is 3.00. The van der Waals surface area contributed by atoms with Gasteiger partial charge in [0.1, 0.15) is 0 Å². The number of likely N-dealkylation sites (tertiary alicyclic amines) is 1. The molecule has 2 rings (SSSR count). The van der Waals surface area contributed by atoms with Crippen molar-refractivity contribution in [1.82, 2.24) is 4.90 Å². The van der Waals surface area contributed by atoms with Gasteiger partial charge in [0, 0.05) is 18.4 Å². The van der Waals surface area contributed by atoms with Crippen LogP contribution in [0, 0.1) is 23.7 Å². The molecule has 2 nitrogen and oxygen atoms in total. The highest BCUT2D eigenvalue weighted by Crippen LogP contribution is 2.33. The van der Waals surface area contributed by atoms with Crippen molar-refractivity contribution in [3.63, 3.8) is 0 Å². The van der Waals surface area contributed by atoms with Gasteiger partial charge < -0.3 is 4.90 Å². The minimum Gasteiger partial charge on any atom is -0.329 e. The second-order valence-corrected chi connectivity index (χ2v) is 4.91. The van der Waals surface area contributed by atoms with Crippen molar-refractivity contribution in [3.8, 4) is 11.8 Å². The average molecular weight is 205 g/mol. The minimum absolute atomic E-state index is 0.209. The summed E-state index contributed by atoms with van der Waals surface area (Å²) in [5, 5.41) is 0. The largest absolute Gasteiger partial charge is 0.329 e. The number of hydrogen-bond donors (Lipinski definition) is 0. The van der Waals surface area contributed by atoms with Crippen LogP contribution in [0.25, 0.3) is 0 Å². The van der Waals surface area contributed by atoms with E-state index in [-0.39, 0.29) is 6.04 Å². The van der Waals surface area contributed by atoms with Crippen molar-refractivity contribution in [2.45, 2.75) is 45.6 Å². The van der Waals surface area contributed by atoms with Gasteiger partial charge in [-0.05, 0) is 25.7 Å². The van der Waals surface area contributed by atoms with Crippen LogP contribution in [-0.2, 0) is 4.79 Å². The van der Waals surface area contributed by atoms with Crippen LogP contribution in [0.1, 0.15) is 39.5 Å². The molecule has 0 spiro atoms. The summed E-state index contributed by atoms with van der Waals surface area (Å²) in [4.78, 5) is 13.9. The number of amides is 1. The number of rotatable bonds is 1. The van der Waals surface area contributed by atoms with Crippen LogP contribution in [0.2, 0.25) is 0 Å². The lowest BCUT2D eigenvalue weighted by Crippen LogP contribution is -2.35. The molecule has 1 unspecified atom stereocenters. The van der Waals surface area contributed by atoms with Gasteiger partial charge in [-0.3, -0.25) is 4.79 Å². The lowest BCUT2D eigenvalue weighted by atomic mass is 10.1. The summed E-state index contributed by atoms with van der Waals surface area (Å²) in [7, 11) is 0. The highest BCUT2D eigenvalue weighted by Gasteiger charge is 2.37. The SMILES string of the molecule is CC(C)C#CC1CCCN1C(=O)C1CC1. The first-order valence-electron chi connectivity index (χ1n) is 6.00. The summed E-state index contributed by atoms with van der Waals surface area (Å²) in [6.45, 7) is 5.11. The van der Waals surface area contributed by atoms with E-state index in [2.05, 4.69) is 25.7 Å². The van der Waals surface area contributed by atoms with Crippen LogP contribution < -0.4 is 0 Å². The molecule has 1 saturated heterocycles. The molecule has 1 heterocycles. The van der Waals surface area contributed by atoms with Gasteiger partial charge in [0.2, 0.25) is 5.91 Å². The van der Waals surface area contributed by atoms with E-state index in [0.29, 0.717) is 17.7 Å². The maximum Gasteiger partial charge on any atom is 0.226 e. The molecular weight excluding hydrogens is 186 g/mol. The summed E-state index contributed by atoms with van der Waals surface area (Å²) >= 11 is 0. The Bertz CT molecular complexity index is 306. The van der Waals surface area contributed by atoms with Crippen molar-refractivity contribution >= 4 is 5.91 Å². The van der Waals surface area contributed by atoms with Gasteiger partial charge in [-0.1, -0.05) is 25.7 Å². The molecule has 1 aliphatic carbocycles. The van der Waals surface area contributed by atoms with Crippen LogP contribution in [0.3, 0.4) is 0 Å². The van der Waals surface area contributed by atoms with E-state index >= 15 is 0 Å². The molecule has 15 heavy (non-hydrogen) atoms. The molecule has 0 aromatic carbocycles. The zero-order valence-electron chi connectivity index (χ0n) is 9.62. The molecule has 82 valence electrons. The van der Waals surface area contributed by atoms with Crippen LogP contribution in [0.5, 0.6) is 0 Å². The molecule has 0 aromatic heterocycles. The summed E-state index contributed by atoms with van der Waals surface area (Å²) in [5.74, 6) is 7.54.